The molecule has 0 aliphatic rings. The third-order valence-electron chi connectivity index (χ3n) is 1.73. The number of aromatic nitrogens is 2. The molecule has 0 N–H and O–H groups in total. The lowest BCUT2D eigenvalue weighted by molar-refractivity contribution is 0.303. The third-order valence-corrected chi connectivity index (χ3v) is 2.67. The zero-order valence-electron chi connectivity index (χ0n) is 8.11. The zero-order valence-corrected chi connectivity index (χ0v) is 8.92. The van der Waals surface area contributed by atoms with Gasteiger partial charge < -0.3 is 4.74 Å². The molecule has 0 aromatic carbocycles. The predicted molar refractivity (Wildman–Crippen MR) is 55.4 cm³/mol. The van der Waals surface area contributed by atoms with Crippen molar-refractivity contribution in [2.45, 2.75) is 13.5 Å². The molecule has 0 atom stereocenters. The summed E-state index contributed by atoms with van der Waals surface area (Å²) in [6.45, 7) is 2.32. The van der Waals surface area contributed by atoms with E-state index in [2.05, 4.69) is 9.97 Å². The maximum absolute atomic E-state index is 12.5. The van der Waals surface area contributed by atoms with Gasteiger partial charge in [-0.1, -0.05) is 0 Å². The Kier molecular flexibility index (Phi) is 2.91. The topological polar surface area (TPSA) is 35.0 Å². The lowest BCUT2D eigenvalue weighted by atomic mass is 10.4. The number of aryl methyl sites for hydroxylation is 1. The Balaban J connectivity index is 1.96. The number of hydrogen-bond donors (Lipinski definition) is 0. The lowest BCUT2D eigenvalue weighted by Crippen LogP contribution is -1.95. The van der Waals surface area contributed by atoms with Crippen molar-refractivity contribution in [2.24, 2.45) is 0 Å². The summed E-state index contributed by atoms with van der Waals surface area (Å²) in [6, 6.07) is 2.81. The standard InChI is InChI=1S/C10H9FN2OS/c1-7-6-15-10(13-7)5-14-8-2-3-9(11)12-4-8/h2-4,6H,5H2,1H3. The van der Waals surface area contributed by atoms with Gasteiger partial charge >= 0.3 is 0 Å². The first kappa shape index (κ1) is 10.0. The minimum atomic E-state index is -0.507. The molecular formula is C10H9FN2OS. The molecule has 0 spiro atoms. The highest BCUT2D eigenvalue weighted by atomic mass is 32.1. The van der Waals surface area contributed by atoms with Crippen LogP contribution in [0.25, 0.3) is 0 Å². The lowest BCUT2D eigenvalue weighted by Gasteiger charge is -2.02. The van der Waals surface area contributed by atoms with Crippen molar-refractivity contribution in [3.63, 3.8) is 0 Å². The summed E-state index contributed by atoms with van der Waals surface area (Å²) in [4.78, 5) is 7.73. The van der Waals surface area contributed by atoms with Crippen LogP contribution >= 0.6 is 11.3 Å². The highest BCUT2D eigenvalue weighted by Crippen LogP contribution is 2.14. The maximum atomic E-state index is 12.5. The molecule has 0 amide bonds. The summed E-state index contributed by atoms with van der Waals surface area (Å²) in [6.07, 6.45) is 1.36. The molecule has 3 nitrogen and oxygen atoms in total. The summed E-state index contributed by atoms with van der Waals surface area (Å²) in [7, 11) is 0. The smallest absolute Gasteiger partial charge is 0.213 e. The van der Waals surface area contributed by atoms with Gasteiger partial charge in [-0.15, -0.1) is 11.3 Å². The van der Waals surface area contributed by atoms with Crippen molar-refractivity contribution in [1.29, 1.82) is 0 Å². The predicted octanol–water partition coefficient (Wildman–Crippen LogP) is 2.56. The minimum absolute atomic E-state index is 0.395. The summed E-state index contributed by atoms with van der Waals surface area (Å²) >= 11 is 1.54. The Labute approximate surface area is 90.6 Å². The van der Waals surface area contributed by atoms with Crippen LogP contribution in [0.4, 0.5) is 4.39 Å². The second kappa shape index (κ2) is 4.35. The van der Waals surface area contributed by atoms with Crippen LogP contribution in [0.5, 0.6) is 5.75 Å². The Bertz CT molecular complexity index is 441. The third kappa shape index (κ3) is 2.73. The van der Waals surface area contributed by atoms with Crippen molar-refractivity contribution in [2.75, 3.05) is 0 Å². The second-order valence-corrected chi connectivity index (χ2v) is 3.93. The molecule has 0 radical (unpaired) electrons. The van der Waals surface area contributed by atoms with Crippen LogP contribution in [0.3, 0.4) is 0 Å². The number of hydrogen-bond acceptors (Lipinski definition) is 4. The summed E-state index contributed by atoms with van der Waals surface area (Å²) in [5.74, 6) is 0.0386. The first-order chi connectivity index (χ1) is 7.24. The van der Waals surface area contributed by atoms with Crippen LogP contribution in [-0.4, -0.2) is 9.97 Å². The van der Waals surface area contributed by atoms with Gasteiger partial charge in [-0.25, -0.2) is 9.97 Å². The van der Waals surface area contributed by atoms with Crippen molar-refractivity contribution < 1.29 is 9.13 Å². The fourth-order valence-corrected chi connectivity index (χ4v) is 1.74. The molecule has 0 saturated carbocycles. The number of pyridine rings is 1. The Morgan fingerprint density at radius 3 is 2.93 bits per heavy atom. The van der Waals surface area contributed by atoms with E-state index >= 15 is 0 Å². The molecular weight excluding hydrogens is 215 g/mol. The quantitative estimate of drug-likeness (QED) is 0.751. The van der Waals surface area contributed by atoms with E-state index in [9.17, 15) is 4.39 Å². The summed E-state index contributed by atoms with van der Waals surface area (Å²) < 4.78 is 17.9. The van der Waals surface area contributed by atoms with Crippen molar-refractivity contribution >= 4 is 11.3 Å². The largest absolute Gasteiger partial charge is 0.485 e. The molecule has 2 rings (SSSR count). The number of rotatable bonds is 3. The van der Waals surface area contributed by atoms with Gasteiger partial charge in [-0.3, -0.25) is 0 Å². The van der Waals surface area contributed by atoms with Crippen LogP contribution in [0, 0.1) is 12.9 Å². The molecule has 2 aromatic heterocycles. The molecule has 0 bridgehead atoms. The minimum Gasteiger partial charge on any atom is -0.485 e. The molecule has 0 aliphatic heterocycles. The molecule has 15 heavy (non-hydrogen) atoms. The maximum Gasteiger partial charge on any atom is 0.213 e. The molecule has 2 heterocycles. The van der Waals surface area contributed by atoms with Crippen LogP contribution in [0.1, 0.15) is 10.7 Å². The number of nitrogens with zero attached hydrogens (tertiary/aromatic N) is 2. The Morgan fingerprint density at radius 1 is 1.47 bits per heavy atom. The first-order valence-corrected chi connectivity index (χ1v) is 5.27. The van der Waals surface area contributed by atoms with Crippen LogP contribution in [0.15, 0.2) is 23.7 Å². The fourth-order valence-electron chi connectivity index (χ4n) is 1.06. The van der Waals surface area contributed by atoms with Gasteiger partial charge in [0.25, 0.3) is 0 Å². The second-order valence-electron chi connectivity index (χ2n) is 2.99. The molecule has 2 aromatic rings. The first-order valence-electron chi connectivity index (χ1n) is 4.39. The average Bonchev–Trinajstić information content (AvgIpc) is 2.64. The van der Waals surface area contributed by atoms with Crippen LogP contribution in [0.2, 0.25) is 0 Å². The molecule has 0 aliphatic carbocycles. The normalized spacial score (nSPS) is 10.3. The summed E-state index contributed by atoms with van der Waals surface area (Å²) in [5.41, 5.74) is 0.982. The van der Waals surface area contributed by atoms with Gasteiger partial charge in [0.15, 0.2) is 0 Å². The zero-order chi connectivity index (χ0) is 10.7. The van der Waals surface area contributed by atoms with E-state index in [-0.39, 0.29) is 0 Å². The molecule has 0 saturated heterocycles. The van der Waals surface area contributed by atoms with E-state index < -0.39 is 5.95 Å². The van der Waals surface area contributed by atoms with Gasteiger partial charge in [0.2, 0.25) is 5.95 Å². The molecule has 78 valence electrons. The van der Waals surface area contributed by atoms with Crippen molar-refractivity contribution in [3.8, 4) is 5.75 Å². The number of thiazole rings is 1. The molecule has 5 heteroatoms. The van der Waals surface area contributed by atoms with E-state index in [1.54, 1.807) is 17.4 Å². The SMILES string of the molecule is Cc1csc(COc2ccc(F)nc2)n1. The van der Waals surface area contributed by atoms with E-state index in [0.717, 1.165) is 10.7 Å². The highest BCUT2D eigenvalue weighted by molar-refractivity contribution is 7.09. The van der Waals surface area contributed by atoms with E-state index in [1.165, 1.54) is 12.3 Å². The number of halogens is 1. The van der Waals surface area contributed by atoms with E-state index in [0.29, 0.717) is 12.4 Å². The van der Waals surface area contributed by atoms with E-state index in [4.69, 9.17) is 4.74 Å². The monoisotopic (exact) mass is 224 g/mol. The summed E-state index contributed by atoms with van der Waals surface area (Å²) in [5, 5.41) is 2.86. The average molecular weight is 224 g/mol. The van der Waals surface area contributed by atoms with Crippen LogP contribution in [-0.2, 0) is 6.61 Å². The van der Waals surface area contributed by atoms with Gasteiger partial charge in [0, 0.05) is 11.1 Å². The van der Waals surface area contributed by atoms with Gasteiger partial charge in [-0.2, -0.15) is 4.39 Å². The Morgan fingerprint density at radius 2 is 2.33 bits per heavy atom. The van der Waals surface area contributed by atoms with Gasteiger partial charge in [-0.05, 0) is 19.1 Å². The van der Waals surface area contributed by atoms with Crippen LogP contribution < -0.4 is 4.74 Å². The Hall–Kier alpha value is -1.49. The van der Waals surface area contributed by atoms with Crippen molar-refractivity contribution in [3.05, 3.63) is 40.4 Å². The van der Waals surface area contributed by atoms with Gasteiger partial charge in [0.1, 0.15) is 17.4 Å². The highest BCUT2D eigenvalue weighted by Gasteiger charge is 2.00. The molecule has 0 unspecified atom stereocenters. The van der Waals surface area contributed by atoms with Gasteiger partial charge in [0.05, 0.1) is 6.20 Å². The number of ether oxygens (including phenoxy) is 1. The van der Waals surface area contributed by atoms with E-state index in [1.807, 2.05) is 12.3 Å². The molecule has 0 fully saturated rings. The fraction of sp³-hybridized carbons (Fsp3) is 0.200. The van der Waals surface area contributed by atoms with Crippen molar-refractivity contribution in [1.82, 2.24) is 9.97 Å².